The number of carbonyl (C=O) groups excluding carboxylic acids is 3. The number of hydrogen-bond acceptors (Lipinski definition) is 6. The van der Waals surface area contributed by atoms with E-state index in [0.717, 1.165) is 77.0 Å². The zero-order chi connectivity index (χ0) is 50.0. The molecule has 0 bridgehead atoms. The first-order chi connectivity index (χ1) is 34.0. The van der Waals surface area contributed by atoms with Gasteiger partial charge in [0.2, 0.25) is 0 Å². The van der Waals surface area contributed by atoms with Crippen LogP contribution in [-0.4, -0.2) is 37.2 Å². The van der Waals surface area contributed by atoms with Gasteiger partial charge in [-0.25, -0.2) is 0 Å². The van der Waals surface area contributed by atoms with E-state index in [4.69, 9.17) is 14.2 Å². The van der Waals surface area contributed by atoms with Crippen molar-refractivity contribution in [2.45, 2.75) is 297 Å². The fourth-order valence-corrected chi connectivity index (χ4v) is 8.23. The molecule has 0 aliphatic heterocycles. The lowest BCUT2D eigenvalue weighted by Gasteiger charge is -2.18. The fraction of sp³-hybridized carbons (Fsp3) is 0.762. The topological polar surface area (TPSA) is 78.9 Å². The van der Waals surface area contributed by atoms with E-state index in [0.29, 0.717) is 19.3 Å². The Morgan fingerprint density at radius 3 is 0.899 bits per heavy atom. The molecular weight excluding hydrogens is 853 g/mol. The quantitative estimate of drug-likeness (QED) is 0.0262. The van der Waals surface area contributed by atoms with Crippen LogP contribution in [0.15, 0.2) is 72.9 Å². The minimum absolute atomic E-state index is 0.0933. The molecule has 0 aromatic rings. The van der Waals surface area contributed by atoms with E-state index in [1.165, 1.54) is 167 Å². The number of ether oxygens (including phenoxy) is 3. The molecule has 0 aromatic carbocycles. The van der Waals surface area contributed by atoms with E-state index < -0.39 is 6.10 Å². The molecule has 398 valence electrons. The summed E-state index contributed by atoms with van der Waals surface area (Å²) in [5, 5.41) is 0. The predicted molar refractivity (Wildman–Crippen MR) is 298 cm³/mol. The zero-order valence-corrected chi connectivity index (χ0v) is 45.6. The lowest BCUT2D eigenvalue weighted by Crippen LogP contribution is -2.30. The van der Waals surface area contributed by atoms with Crippen molar-refractivity contribution in [3.8, 4) is 0 Å². The lowest BCUT2D eigenvalue weighted by atomic mass is 10.0. The summed E-state index contributed by atoms with van der Waals surface area (Å²) in [6.45, 7) is 6.56. The van der Waals surface area contributed by atoms with Gasteiger partial charge in [-0.2, -0.15) is 0 Å². The van der Waals surface area contributed by atoms with Gasteiger partial charge in [-0.3, -0.25) is 14.4 Å². The van der Waals surface area contributed by atoms with E-state index in [9.17, 15) is 14.4 Å². The highest BCUT2D eigenvalue weighted by atomic mass is 16.6. The summed E-state index contributed by atoms with van der Waals surface area (Å²) in [7, 11) is 0. The van der Waals surface area contributed by atoms with Crippen LogP contribution in [0.5, 0.6) is 0 Å². The third kappa shape index (κ3) is 55.6. The average molecular weight is 964 g/mol. The maximum Gasteiger partial charge on any atom is 0.306 e. The van der Waals surface area contributed by atoms with Crippen molar-refractivity contribution in [1.82, 2.24) is 0 Å². The number of allylic oxidation sites excluding steroid dienone is 12. The van der Waals surface area contributed by atoms with Crippen molar-refractivity contribution >= 4 is 17.9 Å². The summed E-state index contributed by atoms with van der Waals surface area (Å²) in [6.07, 6.45) is 73.2. The number of unbranched alkanes of at least 4 members (excludes halogenated alkanes) is 30. The molecule has 69 heavy (non-hydrogen) atoms. The summed E-state index contributed by atoms with van der Waals surface area (Å²) in [6, 6.07) is 0. The predicted octanol–water partition coefficient (Wildman–Crippen LogP) is 19.8. The van der Waals surface area contributed by atoms with Gasteiger partial charge in [0.15, 0.2) is 6.10 Å². The van der Waals surface area contributed by atoms with Crippen LogP contribution in [0.25, 0.3) is 0 Å². The second-order valence-electron chi connectivity index (χ2n) is 19.6. The standard InChI is InChI=1S/C63H110O6/c1-4-7-10-13-16-19-22-25-28-31-34-37-40-43-46-49-52-55-61(64)67-58-60(69-63(66)57-54-51-48-45-42-39-36-33-30-27-24-21-18-15-12-9-6-3)59-68-62(65)56-53-50-47-44-41-38-35-32-29-26-23-20-17-14-11-8-5-2/h16,18-19,21,25,27-28,30,34,37,43,46,60H,4-15,17,20,22-24,26,29,31-33,35-36,38-42,44-45,47-59H2,1-3H3/b19-16-,21-18-,28-25-,30-27-,37-34-,46-43-. The van der Waals surface area contributed by atoms with E-state index in [-0.39, 0.29) is 37.5 Å². The lowest BCUT2D eigenvalue weighted by molar-refractivity contribution is -0.167. The molecule has 0 aliphatic carbocycles. The van der Waals surface area contributed by atoms with Gasteiger partial charge in [-0.15, -0.1) is 0 Å². The zero-order valence-electron chi connectivity index (χ0n) is 45.6. The van der Waals surface area contributed by atoms with Gasteiger partial charge in [-0.1, -0.05) is 254 Å². The minimum atomic E-state index is -0.801. The number of hydrogen-bond donors (Lipinski definition) is 0. The molecule has 0 radical (unpaired) electrons. The monoisotopic (exact) mass is 963 g/mol. The normalized spacial score (nSPS) is 12.6. The molecule has 6 nitrogen and oxygen atoms in total. The summed E-state index contributed by atoms with van der Waals surface area (Å²) in [5.41, 5.74) is 0. The Bertz CT molecular complexity index is 1290. The third-order valence-corrected chi connectivity index (χ3v) is 12.7. The molecule has 0 rings (SSSR count). The summed E-state index contributed by atoms with van der Waals surface area (Å²) < 4.78 is 16.8. The van der Waals surface area contributed by atoms with Gasteiger partial charge >= 0.3 is 17.9 Å². The molecule has 0 fully saturated rings. The molecule has 0 saturated carbocycles. The molecule has 0 aromatic heterocycles. The molecule has 0 amide bonds. The smallest absolute Gasteiger partial charge is 0.306 e. The van der Waals surface area contributed by atoms with Crippen molar-refractivity contribution in [2.75, 3.05) is 13.2 Å². The summed E-state index contributed by atoms with van der Waals surface area (Å²) in [5.74, 6) is -0.949. The summed E-state index contributed by atoms with van der Waals surface area (Å²) in [4.78, 5) is 38.2. The molecular formula is C63H110O6. The Labute approximate surface area is 427 Å². The van der Waals surface area contributed by atoms with Gasteiger partial charge in [0.05, 0.1) is 0 Å². The van der Waals surface area contributed by atoms with Crippen LogP contribution < -0.4 is 0 Å². The van der Waals surface area contributed by atoms with Crippen molar-refractivity contribution in [3.63, 3.8) is 0 Å². The van der Waals surface area contributed by atoms with Gasteiger partial charge in [0.25, 0.3) is 0 Å². The highest BCUT2D eigenvalue weighted by Crippen LogP contribution is 2.16. The molecule has 0 N–H and O–H groups in total. The van der Waals surface area contributed by atoms with Gasteiger partial charge in [0, 0.05) is 19.3 Å². The molecule has 0 heterocycles. The maximum absolute atomic E-state index is 12.9. The van der Waals surface area contributed by atoms with Crippen molar-refractivity contribution < 1.29 is 28.6 Å². The van der Waals surface area contributed by atoms with Gasteiger partial charge < -0.3 is 14.2 Å². The highest BCUT2D eigenvalue weighted by Gasteiger charge is 2.19. The molecule has 0 aliphatic rings. The average Bonchev–Trinajstić information content (AvgIpc) is 3.35. The number of esters is 3. The van der Waals surface area contributed by atoms with Gasteiger partial charge in [-0.05, 0) is 89.9 Å². The largest absolute Gasteiger partial charge is 0.462 e. The van der Waals surface area contributed by atoms with Crippen molar-refractivity contribution in [1.29, 1.82) is 0 Å². The third-order valence-electron chi connectivity index (χ3n) is 12.7. The fourth-order valence-electron chi connectivity index (χ4n) is 8.23. The van der Waals surface area contributed by atoms with E-state index in [2.05, 4.69) is 93.7 Å². The second-order valence-corrected chi connectivity index (χ2v) is 19.6. The van der Waals surface area contributed by atoms with Gasteiger partial charge in [0.1, 0.15) is 13.2 Å². The van der Waals surface area contributed by atoms with Crippen LogP contribution in [0.3, 0.4) is 0 Å². The molecule has 0 saturated heterocycles. The Kier molecular flexibility index (Phi) is 54.8. The molecule has 1 unspecified atom stereocenters. The van der Waals surface area contributed by atoms with E-state index in [1.54, 1.807) is 0 Å². The van der Waals surface area contributed by atoms with Crippen LogP contribution in [0.2, 0.25) is 0 Å². The molecule has 1 atom stereocenters. The van der Waals surface area contributed by atoms with E-state index in [1.807, 2.05) is 0 Å². The van der Waals surface area contributed by atoms with E-state index >= 15 is 0 Å². The van der Waals surface area contributed by atoms with Crippen LogP contribution in [0.4, 0.5) is 0 Å². The Balaban J connectivity index is 4.46. The molecule has 6 heteroatoms. The van der Waals surface area contributed by atoms with Crippen LogP contribution in [0.1, 0.15) is 290 Å². The number of carbonyl (C=O) groups is 3. The second kappa shape index (κ2) is 57.4. The van der Waals surface area contributed by atoms with Crippen LogP contribution >= 0.6 is 0 Å². The Morgan fingerprint density at radius 2 is 0.536 bits per heavy atom. The first-order valence-electron chi connectivity index (χ1n) is 29.4. The Morgan fingerprint density at radius 1 is 0.290 bits per heavy atom. The van der Waals surface area contributed by atoms with Crippen molar-refractivity contribution in [2.24, 2.45) is 0 Å². The van der Waals surface area contributed by atoms with Crippen LogP contribution in [0, 0.1) is 0 Å². The highest BCUT2D eigenvalue weighted by molar-refractivity contribution is 5.71. The molecule has 0 spiro atoms. The minimum Gasteiger partial charge on any atom is -0.462 e. The van der Waals surface area contributed by atoms with Crippen molar-refractivity contribution in [3.05, 3.63) is 72.9 Å². The first kappa shape index (κ1) is 65.8. The Hall–Kier alpha value is -3.15. The SMILES string of the molecule is CCCCC/C=C\C/C=C\C/C=C\C/C=C\CCCC(=O)OCC(COC(=O)CCCCCCCCCCCCCCCCCCC)OC(=O)CCCCCCCCC/C=C\C/C=C\CCCCC. The first-order valence-corrected chi connectivity index (χ1v) is 29.4. The van der Waals surface area contributed by atoms with Crippen LogP contribution in [-0.2, 0) is 28.6 Å². The number of rotatable bonds is 53. The maximum atomic E-state index is 12.9. The summed E-state index contributed by atoms with van der Waals surface area (Å²) >= 11 is 0.